The monoisotopic (exact) mass is 353 g/mol. The minimum absolute atomic E-state index is 0.0879. The van der Waals surface area contributed by atoms with Crippen LogP contribution < -0.4 is 10.2 Å². The molecular weight excluding hydrogens is 330 g/mol. The zero-order valence-corrected chi connectivity index (χ0v) is 15.1. The molecule has 0 saturated carbocycles. The van der Waals surface area contributed by atoms with Crippen LogP contribution in [0.15, 0.2) is 36.7 Å². The summed E-state index contributed by atoms with van der Waals surface area (Å²) >= 11 is 0. The number of aromatic nitrogens is 2. The van der Waals surface area contributed by atoms with Crippen LogP contribution in [0.4, 0.5) is 11.6 Å². The summed E-state index contributed by atoms with van der Waals surface area (Å²) in [4.78, 5) is 36.3. The molecule has 1 aliphatic rings. The fraction of sp³-hybridized carbons (Fsp3) is 0.368. The van der Waals surface area contributed by atoms with Crippen molar-refractivity contribution in [3.05, 3.63) is 47.8 Å². The molecule has 1 N–H and O–H groups in total. The SMILES string of the molecule is CCc1ccccc1NC(=O)c1cnc(N2CCN(C(C)=O)CC2)nc1. The maximum Gasteiger partial charge on any atom is 0.258 e. The normalized spacial score (nSPS) is 14.2. The Bertz CT molecular complexity index is 783. The Labute approximate surface area is 153 Å². The van der Waals surface area contributed by atoms with Gasteiger partial charge in [-0.3, -0.25) is 9.59 Å². The van der Waals surface area contributed by atoms with Gasteiger partial charge in [0.1, 0.15) is 0 Å². The van der Waals surface area contributed by atoms with Crippen molar-refractivity contribution in [3.8, 4) is 0 Å². The summed E-state index contributed by atoms with van der Waals surface area (Å²) in [6, 6.07) is 7.74. The summed E-state index contributed by atoms with van der Waals surface area (Å²) in [7, 11) is 0. The van der Waals surface area contributed by atoms with Gasteiger partial charge in [0.05, 0.1) is 5.56 Å². The topological polar surface area (TPSA) is 78.4 Å². The molecule has 0 unspecified atom stereocenters. The zero-order valence-electron chi connectivity index (χ0n) is 15.1. The molecule has 1 aromatic carbocycles. The highest BCUT2D eigenvalue weighted by molar-refractivity contribution is 6.04. The van der Waals surface area contributed by atoms with E-state index in [4.69, 9.17) is 0 Å². The van der Waals surface area contributed by atoms with Gasteiger partial charge in [-0.25, -0.2) is 9.97 Å². The van der Waals surface area contributed by atoms with E-state index in [1.54, 1.807) is 19.3 Å². The van der Waals surface area contributed by atoms with E-state index in [1.807, 2.05) is 34.1 Å². The number of hydrogen-bond acceptors (Lipinski definition) is 5. The van der Waals surface area contributed by atoms with Crippen molar-refractivity contribution in [2.75, 3.05) is 36.4 Å². The second-order valence-corrected chi connectivity index (χ2v) is 6.23. The Morgan fingerprint density at radius 2 is 1.73 bits per heavy atom. The fourth-order valence-corrected chi connectivity index (χ4v) is 2.97. The van der Waals surface area contributed by atoms with E-state index < -0.39 is 0 Å². The maximum atomic E-state index is 12.4. The van der Waals surface area contributed by atoms with Gasteiger partial charge in [0, 0.05) is 51.2 Å². The van der Waals surface area contributed by atoms with E-state index in [0.29, 0.717) is 37.7 Å². The number of benzene rings is 1. The summed E-state index contributed by atoms with van der Waals surface area (Å²) in [5.41, 5.74) is 2.31. The zero-order chi connectivity index (χ0) is 18.5. The molecule has 7 heteroatoms. The van der Waals surface area contributed by atoms with Crippen molar-refractivity contribution in [2.45, 2.75) is 20.3 Å². The van der Waals surface area contributed by atoms with Gasteiger partial charge in [-0.2, -0.15) is 0 Å². The smallest absolute Gasteiger partial charge is 0.258 e. The van der Waals surface area contributed by atoms with E-state index in [9.17, 15) is 9.59 Å². The van der Waals surface area contributed by atoms with Crippen LogP contribution in [0.25, 0.3) is 0 Å². The van der Waals surface area contributed by atoms with Gasteiger partial charge in [0.2, 0.25) is 11.9 Å². The number of para-hydroxylation sites is 1. The second kappa shape index (κ2) is 7.95. The predicted molar refractivity (Wildman–Crippen MR) is 100 cm³/mol. The Morgan fingerprint density at radius 3 is 2.35 bits per heavy atom. The van der Waals surface area contributed by atoms with Crippen molar-refractivity contribution >= 4 is 23.5 Å². The molecule has 1 aliphatic heterocycles. The van der Waals surface area contributed by atoms with Crippen LogP contribution in [-0.2, 0) is 11.2 Å². The Kier molecular flexibility index (Phi) is 5.46. The molecule has 2 heterocycles. The second-order valence-electron chi connectivity index (χ2n) is 6.23. The third-order valence-corrected chi connectivity index (χ3v) is 4.55. The van der Waals surface area contributed by atoms with Gasteiger partial charge >= 0.3 is 0 Å². The maximum absolute atomic E-state index is 12.4. The standard InChI is InChI=1S/C19H23N5O2/c1-3-15-6-4-5-7-17(15)22-18(26)16-12-20-19(21-13-16)24-10-8-23(9-11-24)14(2)25/h4-7,12-13H,3,8-11H2,1-2H3,(H,22,26). The molecule has 136 valence electrons. The van der Waals surface area contributed by atoms with Crippen LogP contribution in [0.1, 0.15) is 29.8 Å². The first-order valence-corrected chi connectivity index (χ1v) is 8.80. The average molecular weight is 353 g/mol. The van der Waals surface area contributed by atoms with Gasteiger partial charge < -0.3 is 15.1 Å². The van der Waals surface area contributed by atoms with Crippen LogP contribution in [0, 0.1) is 0 Å². The summed E-state index contributed by atoms with van der Waals surface area (Å²) in [6.07, 6.45) is 3.94. The van der Waals surface area contributed by atoms with Crippen molar-refractivity contribution in [1.82, 2.24) is 14.9 Å². The van der Waals surface area contributed by atoms with E-state index in [-0.39, 0.29) is 11.8 Å². The molecule has 26 heavy (non-hydrogen) atoms. The molecule has 7 nitrogen and oxygen atoms in total. The number of nitrogens with one attached hydrogen (secondary N) is 1. The number of nitrogens with zero attached hydrogens (tertiary/aromatic N) is 4. The molecule has 2 aromatic rings. The lowest BCUT2D eigenvalue weighted by Crippen LogP contribution is -2.48. The van der Waals surface area contributed by atoms with Crippen molar-refractivity contribution in [1.29, 1.82) is 0 Å². The third-order valence-electron chi connectivity index (χ3n) is 4.55. The van der Waals surface area contributed by atoms with Gasteiger partial charge in [0.15, 0.2) is 0 Å². The van der Waals surface area contributed by atoms with Crippen LogP contribution in [-0.4, -0.2) is 52.9 Å². The van der Waals surface area contributed by atoms with E-state index in [2.05, 4.69) is 22.2 Å². The third kappa shape index (κ3) is 3.99. The molecule has 1 fully saturated rings. The number of rotatable bonds is 4. The van der Waals surface area contributed by atoms with E-state index >= 15 is 0 Å². The molecule has 0 radical (unpaired) electrons. The molecule has 3 rings (SSSR count). The average Bonchev–Trinajstić information content (AvgIpc) is 2.68. The van der Waals surface area contributed by atoms with Gasteiger partial charge in [0.25, 0.3) is 5.91 Å². The predicted octanol–water partition coefficient (Wildman–Crippen LogP) is 1.96. The first-order chi connectivity index (χ1) is 12.6. The minimum atomic E-state index is -0.223. The number of anilines is 2. The van der Waals surface area contributed by atoms with E-state index in [0.717, 1.165) is 17.7 Å². The molecule has 1 aromatic heterocycles. The fourth-order valence-electron chi connectivity index (χ4n) is 2.97. The molecule has 0 bridgehead atoms. The number of carbonyl (C=O) groups excluding carboxylic acids is 2. The van der Waals surface area contributed by atoms with Crippen LogP contribution in [0.2, 0.25) is 0 Å². The van der Waals surface area contributed by atoms with Crippen LogP contribution in [0.5, 0.6) is 0 Å². The summed E-state index contributed by atoms with van der Waals surface area (Å²) in [6.45, 7) is 6.33. The molecule has 0 atom stereocenters. The summed E-state index contributed by atoms with van der Waals surface area (Å²) in [5.74, 6) is 0.447. The highest BCUT2D eigenvalue weighted by Crippen LogP contribution is 2.17. The number of piperazine rings is 1. The lowest BCUT2D eigenvalue weighted by atomic mass is 10.1. The number of carbonyl (C=O) groups is 2. The Balaban J connectivity index is 1.64. The lowest BCUT2D eigenvalue weighted by Gasteiger charge is -2.34. The minimum Gasteiger partial charge on any atom is -0.339 e. The van der Waals surface area contributed by atoms with Crippen molar-refractivity contribution in [3.63, 3.8) is 0 Å². The first-order valence-electron chi connectivity index (χ1n) is 8.80. The molecular formula is C19H23N5O2. The number of amides is 2. The van der Waals surface area contributed by atoms with Crippen LogP contribution >= 0.6 is 0 Å². The summed E-state index contributed by atoms with van der Waals surface area (Å²) < 4.78 is 0. The molecule has 2 amide bonds. The van der Waals surface area contributed by atoms with Crippen LogP contribution in [0.3, 0.4) is 0 Å². The highest BCUT2D eigenvalue weighted by atomic mass is 16.2. The lowest BCUT2D eigenvalue weighted by molar-refractivity contribution is -0.129. The number of hydrogen-bond donors (Lipinski definition) is 1. The van der Waals surface area contributed by atoms with Gasteiger partial charge in [-0.05, 0) is 18.1 Å². The first kappa shape index (κ1) is 17.8. The van der Waals surface area contributed by atoms with E-state index in [1.165, 1.54) is 0 Å². The molecule has 0 aliphatic carbocycles. The highest BCUT2D eigenvalue weighted by Gasteiger charge is 2.20. The Morgan fingerprint density at radius 1 is 1.08 bits per heavy atom. The largest absolute Gasteiger partial charge is 0.339 e. The Hall–Kier alpha value is -2.96. The molecule has 0 spiro atoms. The van der Waals surface area contributed by atoms with Crippen molar-refractivity contribution in [2.24, 2.45) is 0 Å². The summed E-state index contributed by atoms with van der Waals surface area (Å²) in [5, 5.41) is 2.92. The molecule has 1 saturated heterocycles. The van der Waals surface area contributed by atoms with Gasteiger partial charge in [-0.15, -0.1) is 0 Å². The van der Waals surface area contributed by atoms with Crippen molar-refractivity contribution < 1.29 is 9.59 Å². The quantitative estimate of drug-likeness (QED) is 0.909. The van der Waals surface area contributed by atoms with Gasteiger partial charge in [-0.1, -0.05) is 25.1 Å². The number of aryl methyl sites for hydroxylation is 1.